The number of urea groups is 1. The van der Waals surface area contributed by atoms with E-state index in [1.54, 1.807) is 12.1 Å². The Morgan fingerprint density at radius 1 is 1.45 bits per heavy atom. The molecule has 2 amide bonds. The first-order chi connectivity index (χ1) is 9.63. The molecule has 1 N–H and O–H groups in total. The summed E-state index contributed by atoms with van der Waals surface area (Å²) in [6.07, 6.45) is 2.02. The van der Waals surface area contributed by atoms with Gasteiger partial charge >= 0.3 is 6.03 Å². The van der Waals surface area contributed by atoms with Gasteiger partial charge in [0, 0.05) is 19.1 Å². The van der Waals surface area contributed by atoms with Crippen LogP contribution in [-0.4, -0.2) is 23.5 Å². The Hall–Kier alpha value is -2.02. The lowest BCUT2D eigenvalue weighted by Crippen LogP contribution is -2.41. The van der Waals surface area contributed by atoms with Crippen LogP contribution in [0.2, 0.25) is 0 Å². The highest BCUT2D eigenvalue weighted by atomic mass is 16.2. The van der Waals surface area contributed by atoms with Gasteiger partial charge in [0.1, 0.15) is 0 Å². The molecule has 0 bridgehead atoms. The van der Waals surface area contributed by atoms with E-state index in [1.165, 1.54) is 0 Å². The number of nitrogens with zero attached hydrogens (tertiary/aromatic N) is 2. The molecule has 2 unspecified atom stereocenters. The van der Waals surface area contributed by atoms with Crippen LogP contribution in [0.25, 0.3) is 0 Å². The summed E-state index contributed by atoms with van der Waals surface area (Å²) in [5, 5.41) is 11.9. The Morgan fingerprint density at radius 2 is 2.10 bits per heavy atom. The number of carbonyl (C=O) groups excluding carboxylic acids is 1. The van der Waals surface area contributed by atoms with Crippen LogP contribution in [-0.2, 0) is 6.54 Å². The average molecular weight is 271 g/mol. The summed E-state index contributed by atoms with van der Waals surface area (Å²) in [5.74, 6) is 0.609. The van der Waals surface area contributed by atoms with Crippen LogP contribution in [0.15, 0.2) is 24.3 Å². The molecule has 1 saturated carbocycles. The molecule has 1 aromatic rings. The maximum Gasteiger partial charge on any atom is 0.317 e. The molecular weight excluding hydrogens is 250 g/mol. The molecule has 20 heavy (non-hydrogen) atoms. The van der Waals surface area contributed by atoms with Crippen LogP contribution < -0.4 is 5.32 Å². The van der Waals surface area contributed by atoms with Gasteiger partial charge in [0.2, 0.25) is 0 Å². The summed E-state index contributed by atoms with van der Waals surface area (Å²) in [4.78, 5) is 14.1. The predicted octanol–water partition coefficient (Wildman–Crippen LogP) is 2.89. The van der Waals surface area contributed by atoms with Gasteiger partial charge in [0.15, 0.2) is 0 Å². The quantitative estimate of drug-likeness (QED) is 0.895. The first kappa shape index (κ1) is 14.4. The summed E-state index contributed by atoms with van der Waals surface area (Å²) in [6, 6.07) is 9.88. The normalized spacial score (nSPS) is 20.1. The molecule has 1 fully saturated rings. The second-order valence-corrected chi connectivity index (χ2v) is 5.50. The smallest absolute Gasteiger partial charge is 0.317 e. The van der Waals surface area contributed by atoms with Crippen molar-refractivity contribution in [2.45, 2.75) is 39.3 Å². The van der Waals surface area contributed by atoms with E-state index in [2.05, 4.69) is 25.2 Å². The lowest BCUT2D eigenvalue weighted by atomic mass is 10.1. The fraction of sp³-hybridized carbons (Fsp3) is 0.500. The van der Waals surface area contributed by atoms with Crippen LogP contribution in [0.1, 0.15) is 37.8 Å². The Balaban J connectivity index is 1.96. The Kier molecular flexibility index (Phi) is 4.62. The van der Waals surface area contributed by atoms with Gasteiger partial charge in [-0.15, -0.1) is 0 Å². The second kappa shape index (κ2) is 6.42. The number of hydrogen-bond donors (Lipinski definition) is 1. The molecule has 0 aromatic heterocycles. The summed E-state index contributed by atoms with van der Waals surface area (Å²) in [6.45, 7) is 5.55. The third-order valence-corrected chi connectivity index (χ3v) is 3.66. The molecule has 1 aromatic carbocycles. The molecule has 0 radical (unpaired) electrons. The van der Waals surface area contributed by atoms with Gasteiger partial charge in [-0.2, -0.15) is 5.26 Å². The number of hydrogen-bond acceptors (Lipinski definition) is 2. The molecule has 0 spiro atoms. The third kappa shape index (κ3) is 3.74. The van der Waals surface area contributed by atoms with Crippen molar-refractivity contribution in [1.82, 2.24) is 10.2 Å². The standard InChI is InChI=1S/C16H21N3O/c1-3-8-19(16(20)18-15-9-12(15)2)11-14-6-4-13(10-17)5-7-14/h4-7,12,15H,3,8-9,11H2,1-2H3,(H,18,20). The van der Waals surface area contributed by atoms with E-state index >= 15 is 0 Å². The van der Waals surface area contributed by atoms with Crippen LogP contribution in [0.3, 0.4) is 0 Å². The minimum absolute atomic E-state index is 0.0190. The molecule has 2 rings (SSSR count). The summed E-state index contributed by atoms with van der Waals surface area (Å²) in [7, 11) is 0. The van der Waals surface area contributed by atoms with E-state index < -0.39 is 0 Å². The Morgan fingerprint density at radius 3 is 2.60 bits per heavy atom. The number of nitrogens with one attached hydrogen (secondary N) is 1. The van der Waals surface area contributed by atoms with Crippen LogP contribution in [0.5, 0.6) is 0 Å². The van der Waals surface area contributed by atoms with E-state index in [4.69, 9.17) is 5.26 Å². The van der Waals surface area contributed by atoms with Gasteiger partial charge in [-0.3, -0.25) is 0 Å². The van der Waals surface area contributed by atoms with E-state index in [1.807, 2.05) is 17.0 Å². The zero-order valence-electron chi connectivity index (χ0n) is 12.1. The Labute approximate surface area is 120 Å². The lowest BCUT2D eigenvalue weighted by Gasteiger charge is -2.23. The van der Waals surface area contributed by atoms with E-state index in [-0.39, 0.29) is 6.03 Å². The molecule has 1 aliphatic rings. The summed E-state index contributed by atoms with van der Waals surface area (Å²) < 4.78 is 0. The van der Waals surface area contributed by atoms with Crippen molar-refractivity contribution < 1.29 is 4.79 Å². The number of nitriles is 1. The van der Waals surface area contributed by atoms with Crippen molar-refractivity contribution >= 4 is 6.03 Å². The fourth-order valence-corrected chi connectivity index (χ4v) is 2.20. The highest BCUT2D eigenvalue weighted by molar-refractivity contribution is 5.75. The van der Waals surface area contributed by atoms with Gasteiger partial charge < -0.3 is 10.2 Å². The molecule has 0 aliphatic heterocycles. The highest BCUT2D eigenvalue weighted by Crippen LogP contribution is 2.29. The van der Waals surface area contributed by atoms with Crippen molar-refractivity contribution in [3.8, 4) is 6.07 Å². The lowest BCUT2D eigenvalue weighted by molar-refractivity contribution is 0.194. The first-order valence-electron chi connectivity index (χ1n) is 7.18. The average Bonchev–Trinajstić information content (AvgIpc) is 3.14. The molecule has 106 valence electrons. The fourth-order valence-electron chi connectivity index (χ4n) is 2.20. The van der Waals surface area contributed by atoms with Crippen molar-refractivity contribution in [2.24, 2.45) is 5.92 Å². The highest BCUT2D eigenvalue weighted by Gasteiger charge is 2.34. The first-order valence-corrected chi connectivity index (χ1v) is 7.18. The molecule has 1 aliphatic carbocycles. The Bertz CT molecular complexity index is 503. The molecule has 4 heteroatoms. The summed E-state index contributed by atoms with van der Waals surface area (Å²) >= 11 is 0. The molecule has 0 saturated heterocycles. The maximum absolute atomic E-state index is 12.2. The van der Waals surface area contributed by atoms with Crippen molar-refractivity contribution in [3.63, 3.8) is 0 Å². The van der Waals surface area contributed by atoms with Crippen LogP contribution >= 0.6 is 0 Å². The number of benzene rings is 1. The SMILES string of the molecule is CCCN(Cc1ccc(C#N)cc1)C(=O)NC1CC1C. The number of rotatable bonds is 5. The van der Waals surface area contributed by atoms with Crippen molar-refractivity contribution in [3.05, 3.63) is 35.4 Å². The topological polar surface area (TPSA) is 56.1 Å². The van der Waals surface area contributed by atoms with Gasteiger partial charge in [-0.1, -0.05) is 26.0 Å². The van der Waals surface area contributed by atoms with Gasteiger partial charge in [-0.05, 0) is 36.5 Å². The van der Waals surface area contributed by atoms with E-state index in [9.17, 15) is 4.79 Å². The molecule has 0 heterocycles. The minimum Gasteiger partial charge on any atom is -0.335 e. The van der Waals surface area contributed by atoms with E-state index in [0.717, 1.165) is 24.9 Å². The van der Waals surface area contributed by atoms with Crippen molar-refractivity contribution in [2.75, 3.05) is 6.54 Å². The minimum atomic E-state index is 0.0190. The van der Waals surface area contributed by atoms with Gasteiger partial charge in [0.25, 0.3) is 0 Å². The predicted molar refractivity (Wildman–Crippen MR) is 78.0 cm³/mol. The molecule has 4 nitrogen and oxygen atoms in total. The maximum atomic E-state index is 12.2. The van der Waals surface area contributed by atoms with Gasteiger partial charge in [0.05, 0.1) is 11.6 Å². The molecular formula is C16H21N3O. The number of carbonyl (C=O) groups is 1. The third-order valence-electron chi connectivity index (χ3n) is 3.66. The van der Waals surface area contributed by atoms with E-state index in [0.29, 0.717) is 24.1 Å². The van der Waals surface area contributed by atoms with Crippen molar-refractivity contribution in [1.29, 1.82) is 5.26 Å². The van der Waals surface area contributed by atoms with Gasteiger partial charge in [-0.25, -0.2) is 4.79 Å². The van der Waals surface area contributed by atoms with Crippen LogP contribution in [0, 0.1) is 17.2 Å². The zero-order valence-corrected chi connectivity index (χ0v) is 12.1. The zero-order chi connectivity index (χ0) is 14.5. The van der Waals surface area contributed by atoms with Crippen LogP contribution in [0.4, 0.5) is 4.79 Å². The largest absolute Gasteiger partial charge is 0.335 e. The number of amides is 2. The molecule has 2 atom stereocenters. The second-order valence-electron chi connectivity index (χ2n) is 5.50. The summed E-state index contributed by atoms with van der Waals surface area (Å²) in [5.41, 5.74) is 1.70. The monoisotopic (exact) mass is 271 g/mol.